The van der Waals surface area contributed by atoms with Crippen LogP contribution in [0.25, 0.3) is 77.0 Å². The van der Waals surface area contributed by atoms with Gasteiger partial charge in [0.15, 0.2) is 0 Å². The van der Waals surface area contributed by atoms with Crippen molar-refractivity contribution in [1.82, 2.24) is 14.1 Å². The molecule has 0 unspecified atom stereocenters. The number of benzene rings is 6. The molecule has 3 heteroatoms. The Balaban J connectivity index is 1.20. The maximum Gasteiger partial charge on any atom is 0.0781 e. The minimum atomic E-state index is 0.0445. The second-order valence-electron chi connectivity index (χ2n) is 20.7. The molecular weight excluding hydrogens is 703 g/mol. The minimum absolute atomic E-state index is 0.0445. The lowest BCUT2D eigenvalue weighted by molar-refractivity contribution is 0.590. The normalized spacial score (nSPS) is 13.2. The fourth-order valence-corrected chi connectivity index (χ4v) is 8.80. The Bertz CT molecular complexity index is 2920. The molecule has 292 valence electrons. The molecular formula is C55H57N3. The van der Waals surface area contributed by atoms with Gasteiger partial charge in [-0.3, -0.25) is 4.98 Å². The van der Waals surface area contributed by atoms with E-state index < -0.39 is 0 Å². The van der Waals surface area contributed by atoms with Crippen LogP contribution in [0.5, 0.6) is 0 Å². The highest BCUT2D eigenvalue weighted by Gasteiger charge is 2.24. The summed E-state index contributed by atoms with van der Waals surface area (Å²) in [6, 6.07) is 45.9. The Morgan fingerprint density at radius 3 is 1.10 bits per heavy atom. The summed E-state index contributed by atoms with van der Waals surface area (Å²) in [5.41, 5.74) is 14.8. The molecule has 58 heavy (non-hydrogen) atoms. The van der Waals surface area contributed by atoms with Crippen molar-refractivity contribution < 1.29 is 0 Å². The highest BCUT2D eigenvalue weighted by Crippen LogP contribution is 2.41. The van der Waals surface area contributed by atoms with Crippen molar-refractivity contribution in [3.63, 3.8) is 0 Å². The Kier molecular flexibility index (Phi) is 8.44. The van der Waals surface area contributed by atoms with E-state index in [0.717, 1.165) is 28.0 Å². The lowest BCUT2D eigenvalue weighted by atomic mass is 9.85. The first-order valence-corrected chi connectivity index (χ1v) is 21.0. The van der Waals surface area contributed by atoms with E-state index in [1.165, 1.54) is 71.3 Å². The maximum atomic E-state index is 5.29. The third-order valence-corrected chi connectivity index (χ3v) is 12.4. The highest BCUT2D eigenvalue weighted by molar-refractivity contribution is 6.12. The molecule has 9 aromatic rings. The second-order valence-corrected chi connectivity index (χ2v) is 20.7. The van der Waals surface area contributed by atoms with Crippen LogP contribution in [0.4, 0.5) is 0 Å². The molecule has 0 saturated carbocycles. The molecule has 0 aliphatic carbocycles. The molecule has 9 rings (SSSR count). The summed E-state index contributed by atoms with van der Waals surface area (Å²) in [6.07, 6.45) is 2.09. The summed E-state index contributed by atoms with van der Waals surface area (Å²) in [5.74, 6) is 0. The van der Waals surface area contributed by atoms with Crippen molar-refractivity contribution in [3.8, 4) is 22.6 Å². The highest BCUT2D eigenvalue weighted by atomic mass is 15.0. The van der Waals surface area contributed by atoms with Gasteiger partial charge in [0.05, 0.1) is 39.6 Å². The summed E-state index contributed by atoms with van der Waals surface area (Å²) in [6.45, 7) is 27.6. The van der Waals surface area contributed by atoms with Gasteiger partial charge in [-0.1, -0.05) is 144 Å². The first-order chi connectivity index (χ1) is 27.3. The van der Waals surface area contributed by atoms with Crippen molar-refractivity contribution in [2.75, 3.05) is 0 Å². The van der Waals surface area contributed by atoms with Crippen LogP contribution in [0.3, 0.4) is 0 Å². The van der Waals surface area contributed by atoms with E-state index in [-0.39, 0.29) is 21.7 Å². The molecule has 0 saturated heterocycles. The van der Waals surface area contributed by atoms with E-state index in [2.05, 4.69) is 220 Å². The largest absolute Gasteiger partial charge is 0.309 e. The Morgan fingerprint density at radius 2 is 0.724 bits per heavy atom. The zero-order chi connectivity index (χ0) is 41.1. The molecule has 0 atom stereocenters. The lowest BCUT2D eigenvalue weighted by Gasteiger charge is -2.19. The van der Waals surface area contributed by atoms with E-state index in [1.807, 2.05) is 0 Å². The van der Waals surface area contributed by atoms with Crippen molar-refractivity contribution >= 4 is 54.4 Å². The molecule has 3 aromatic heterocycles. The van der Waals surface area contributed by atoms with Crippen molar-refractivity contribution in [1.29, 1.82) is 0 Å². The predicted octanol–water partition coefficient (Wildman–Crippen LogP) is 15.3. The number of aromatic nitrogens is 3. The summed E-state index contributed by atoms with van der Waals surface area (Å²) in [4.78, 5) is 5.29. The average Bonchev–Trinajstić information content (AvgIpc) is 3.67. The number of fused-ring (bicyclic) bond motifs is 7. The lowest BCUT2D eigenvalue weighted by Crippen LogP contribution is -2.10. The quantitative estimate of drug-likeness (QED) is 0.176. The van der Waals surface area contributed by atoms with Crippen LogP contribution >= 0.6 is 0 Å². The Morgan fingerprint density at radius 1 is 0.362 bits per heavy atom. The van der Waals surface area contributed by atoms with Gasteiger partial charge >= 0.3 is 0 Å². The molecule has 0 bridgehead atoms. The molecule has 0 spiro atoms. The van der Waals surface area contributed by atoms with Crippen LogP contribution in [-0.2, 0) is 21.7 Å². The van der Waals surface area contributed by atoms with E-state index in [4.69, 9.17) is 4.98 Å². The molecule has 0 N–H and O–H groups in total. The molecule has 0 amide bonds. The first kappa shape index (κ1) is 37.9. The topological polar surface area (TPSA) is 22.8 Å². The van der Waals surface area contributed by atoms with E-state index in [9.17, 15) is 0 Å². The Labute approximate surface area is 344 Å². The monoisotopic (exact) mass is 759 g/mol. The molecule has 0 radical (unpaired) electrons. The van der Waals surface area contributed by atoms with E-state index in [0.29, 0.717) is 0 Å². The van der Waals surface area contributed by atoms with Crippen LogP contribution in [0, 0.1) is 0 Å². The first-order valence-electron chi connectivity index (χ1n) is 21.0. The number of hydrogen-bond acceptors (Lipinski definition) is 1. The third-order valence-electron chi connectivity index (χ3n) is 12.4. The number of nitrogens with zero attached hydrogens (tertiary/aromatic N) is 3. The molecule has 6 aromatic carbocycles. The van der Waals surface area contributed by atoms with E-state index >= 15 is 0 Å². The van der Waals surface area contributed by atoms with Gasteiger partial charge in [0, 0.05) is 43.6 Å². The third kappa shape index (κ3) is 6.22. The van der Waals surface area contributed by atoms with E-state index in [1.54, 1.807) is 0 Å². The number of rotatable bonds is 3. The summed E-state index contributed by atoms with van der Waals surface area (Å²) in [7, 11) is 0. The minimum Gasteiger partial charge on any atom is -0.309 e. The SMILES string of the molecule is CC(C)(C)c1ccc2c(c1)c1cc(C(C)(C)C)ccc1n2-c1ccc(-c2ncc(-n3c4ccc(C(C)(C)C)cc4c4cc(C(C)(C)C)ccc43)c3ccccc23)cc1. The zero-order valence-electron chi connectivity index (χ0n) is 36.5. The van der Waals surface area contributed by atoms with Gasteiger partial charge in [-0.2, -0.15) is 0 Å². The zero-order valence-corrected chi connectivity index (χ0v) is 36.5. The van der Waals surface area contributed by atoms with Crippen LogP contribution in [0.15, 0.2) is 128 Å². The molecule has 3 heterocycles. The van der Waals surface area contributed by atoms with Gasteiger partial charge in [-0.15, -0.1) is 0 Å². The fourth-order valence-electron chi connectivity index (χ4n) is 8.80. The standard InChI is InChI=1S/C55H57N3/c1-52(2,3)35-19-25-46-42(29-35)43-30-36(53(4,5)6)20-26-47(43)57(46)39-23-17-34(18-24-39)51-41-16-14-13-15-40(41)50(33-56-51)58-48-27-21-37(54(7,8)9)31-44(48)45-32-38(55(10,11)12)22-28-49(45)58/h13-33H,1-12H3. The Hall–Kier alpha value is -5.67. The molecule has 0 aliphatic heterocycles. The summed E-state index contributed by atoms with van der Waals surface area (Å²) in [5, 5.41) is 7.49. The maximum absolute atomic E-state index is 5.29. The van der Waals surface area contributed by atoms with Crippen LogP contribution in [-0.4, -0.2) is 14.1 Å². The van der Waals surface area contributed by atoms with Gasteiger partial charge in [-0.25, -0.2) is 0 Å². The summed E-state index contributed by atoms with van der Waals surface area (Å²) < 4.78 is 4.87. The number of hydrogen-bond donors (Lipinski definition) is 0. The van der Waals surface area contributed by atoms with Gasteiger partial charge in [0.1, 0.15) is 0 Å². The molecule has 0 fully saturated rings. The van der Waals surface area contributed by atoms with Gasteiger partial charge in [-0.05, 0) is 105 Å². The predicted molar refractivity (Wildman–Crippen MR) is 251 cm³/mol. The van der Waals surface area contributed by atoms with Crippen LogP contribution < -0.4 is 0 Å². The number of pyridine rings is 1. The van der Waals surface area contributed by atoms with Crippen molar-refractivity contribution in [2.24, 2.45) is 0 Å². The fraction of sp³-hybridized carbons (Fsp3) is 0.291. The van der Waals surface area contributed by atoms with Crippen molar-refractivity contribution in [2.45, 2.75) is 105 Å². The van der Waals surface area contributed by atoms with Gasteiger partial charge < -0.3 is 9.13 Å². The summed E-state index contributed by atoms with van der Waals surface area (Å²) >= 11 is 0. The second kappa shape index (κ2) is 12.9. The molecule has 0 aliphatic rings. The molecule has 3 nitrogen and oxygen atoms in total. The van der Waals surface area contributed by atoms with Gasteiger partial charge in [0.2, 0.25) is 0 Å². The van der Waals surface area contributed by atoms with Crippen molar-refractivity contribution in [3.05, 3.63) is 150 Å². The smallest absolute Gasteiger partial charge is 0.0781 e. The van der Waals surface area contributed by atoms with Crippen LogP contribution in [0.2, 0.25) is 0 Å². The average molecular weight is 760 g/mol. The van der Waals surface area contributed by atoms with Crippen LogP contribution in [0.1, 0.15) is 105 Å². The van der Waals surface area contributed by atoms with Gasteiger partial charge in [0.25, 0.3) is 0 Å².